The highest BCUT2D eigenvalue weighted by Gasteiger charge is 2.14. The lowest BCUT2D eigenvalue weighted by Gasteiger charge is -2.21. The molecule has 0 saturated carbocycles. The number of rotatable bonds is 4. The molecule has 0 amide bonds. The largest absolute Gasteiger partial charge is 0.456 e. The molecular weight excluding hydrogens is 352 g/mol. The molecule has 130 valence electrons. The molecule has 0 atom stereocenters. The Morgan fingerprint density at radius 2 is 1.88 bits per heavy atom. The standard InChI is InChI=1S/C17H18FN3O.2ClH/c1-11-17(19)21-15-8-12(6-7-16(15)22-11)9-20-10-13-4-2-3-5-14(13)18;;/h2-8,20-21H,9-10,19H2,1H3;2*1H. The lowest BCUT2D eigenvalue weighted by molar-refractivity contribution is 0.415. The highest BCUT2D eigenvalue weighted by molar-refractivity contribution is 5.85. The molecule has 7 heteroatoms. The van der Waals surface area contributed by atoms with Crippen LogP contribution in [0.1, 0.15) is 18.1 Å². The third kappa shape index (κ3) is 4.54. The zero-order valence-electron chi connectivity index (χ0n) is 13.1. The van der Waals surface area contributed by atoms with Crippen LogP contribution >= 0.6 is 24.8 Å². The lowest BCUT2D eigenvalue weighted by atomic mass is 10.1. The van der Waals surface area contributed by atoms with Gasteiger partial charge in [0.25, 0.3) is 0 Å². The smallest absolute Gasteiger partial charge is 0.150 e. The molecule has 4 N–H and O–H groups in total. The zero-order valence-corrected chi connectivity index (χ0v) is 14.8. The second-order valence-corrected chi connectivity index (χ2v) is 5.22. The van der Waals surface area contributed by atoms with Gasteiger partial charge in [-0.25, -0.2) is 4.39 Å². The Kier molecular flexibility index (Phi) is 7.35. The summed E-state index contributed by atoms with van der Waals surface area (Å²) in [7, 11) is 0. The predicted molar refractivity (Wildman–Crippen MR) is 99.0 cm³/mol. The lowest BCUT2D eigenvalue weighted by Crippen LogP contribution is -2.19. The van der Waals surface area contributed by atoms with Crippen molar-refractivity contribution in [2.24, 2.45) is 5.73 Å². The van der Waals surface area contributed by atoms with Crippen molar-refractivity contribution in [1.82, 2.24) is 5.32 Å². The van der Waals surface area contributed by atoms with Crippen molar-refractivity contribution in [2.45, 2.75) is 20.0 Å². The number of anilines is 1. The normalized spacial score (nSPS) is 12.2. The fourth-order valence-electron chi connectivity index (χ4n) is 2.31. The predicted octanol–water partition coefficient (Wildman–Crippen LogP) is 3.91. The number of fused-ring (bicyclic) bond motifs is 1. The van der Waals surface area contributed by atoms with Gasteiger partial charge in [-0.15, -0.1) is 24.8 Å². The molecule has 3 rings (SSSR count). The summed E-state index contributed by atoms with van der Waals surface area (Å²) in [4.78, 5) is 0. The maximum atomic E-state index is 13.5. The van der Waals surface area contributed by atoms with Gasteiger partial charge in [0.1, 0.15) is 17.4 Å². The summed E-state index contributed by atoms with van der Waals surface area (Å²) in [6.07, 6.45) is 0. The second-order valence-electron chi connectivity index (χ2n) is 5.22. The molecule has 0 fully saturated rings. The van der Waals surface area contributed by atoms with Gasteiger partial charge in [0.05, 0.1) is 5.69 Å². The Bertz CT molecular complexity index is 738. The van der Waals surface area contributed by atoms with Crippen molar-refractivity contribution in [3.05, 3.63) is 71.0 Å². The van der Waals surface area contributed by atoms with Crippen molar-refractivity contribution in [3.8, 4) is 5.75 Å². The van der Waals surface area contributed by atoms with Crippen molar-refractivity contribution >= 4 is 30.5 Å². The third-order valence-electron chi connectivity index (χ3n) is 3.56. The minimum Gasteiger partial charge on any atom is -0.456 e. The maximum absolute atomic E-state index is 13.5. The number of hydrogen-bond acceptors (Lipinski definition) is 4. The Labute approximate surface area is 153 Å². The van der Waals surface area contributed by atoms with Crippen LogP contribution in [0, 0.1) is 5.82 Å². The van der Waals surface area contributed by atoms with E-state index in [9.17, 15) is 4.39 Å². The van der Waals surface area contributed by atoms with Gasteiger partial charge < -0.3 is 21.1 Å². The molecule has 0 aliphatic carbocycles. The van der Waals surface area contributed by atoms with E-state index >= 15 is 0 Å². The molecule has 0 radical (unpaired) electrons. The summed E-state index contributed by atoms with van der Waals surface area (Å²) >= 11 is 0. The first-order chi connectivity index (χ1) is 10.6. The van der Waals surface area contributed by atoms with Crippen molar-refractivity contribution in [1.29, 1.82) is 0 Å². The highest BCUT2D eigenvalue weighted by atomic mass is 35.5. The average Bonchev–Trinajstić information content (AvgIpc) is 2.50. The summed E-state index contributed by atoms with van der Waals surface area (Å²) < 4.78 is 19.1. The Balaban J connectivity index is 0.00000144. The monoisotopic (exact) mass is 371 g/mol. The number of nitrogens with one attached hydrogen (secondary N) is 2. The summed E-state index contributed by atoms with van der Waals surface area (Å²) in [6.45, 7) is 2.93. The molecule has 1 aliphatic rings. The molecule has 1 aliphatic heterocycles. The molecule has 0 aromatic heterocycles. The number of benzene rings is 2. The number of allylic oxidation sites excluding steroid dienone is 1. The number of hydrogen-bond donors (Lipinski definition) is 3. The van der Waals surface area contributed by atoms with E-state index in [2.05, 4.69) is 10.6 Å². The summed E-state index contributed by atoms with van der Waals surface area (Å²) in [6, 6.07) is 12.6. The van der Waals surface area contributed by atoms with Crippen LogP contribution in [-0.4, -0.2) is 0 Å². The first kappa shape index (κ1) is 20.1. The van der Waals surface area contributed by atoms with E-state index < -0.39 is 0 Å². The topological polar surface area (TPSA) is 59.3 Å². The first-order valence-corrected chi connectivity index (χ1v) is 7.12. The van der Waals surface area contributed by atoms with E-state index in [1.807, 2.05) is 31.2 Å². The molecule has 0 unspecified atom stereocenters. The number of halogens is 3. The van der Waals surface area contributed by atoms with Gasteiger partial charge in [0.2, 0.25) is 0 Å². The number of ether oxygens (including phenoxy) is 1. The molecule has 0 saturated heterocycles. The van der Waals surface area contributed by atoms with Crippen LogP contribution in [0.5, 0.6) is 5.75 Å². The van der Waals surface area contributed by atoms with E-state index in [0.29, 0.717) is 30.2 Å². The molecule has 2 aromatic rings. The van der Waals surface area contributed by atoms with Gasteiger partial charge in [0.15, 0.2) is 5.75 Å². The van der Waals surface area contributed by atoms with Crippen LogP contribution in [0.3, 0.4) is 0 Å². The molecule has 2 aromatic carbocycles. The Morgan fingerprint density at radius 3 is 2.62 bits per heavy atom. The average molecular weight is 372 g/mol. The maximum Gasteiger partial charge on any atom is 0.150 e. The van der Waals surface area contributed by atoms with Crippen molar-refractivity contribution in [2.75, 3.05) is 5.32 Å². The molecular formula is C17H20Cl2FN3O. The van der Waals surface area contributed by atoms with Crippen LogP contribution in [0.25, 0.3) is 0 Å². The van der Waals surface area contributed by atoms with Gasteiger partial charge in [0, 0.05) is 18.7 Å². The Morgan fingerprint density at radius 1 is 1.12 bits per heavy atom. The van der Waals surface area contributed by atoms with E-state index in [0.717, 1.165) is 17.0 Å². The van der Waals surface area contributed by atoms with Crippen LogP contribution in [0.15, 0.2) is 54.0 Å². The SMILES string of the molecule is CC1=C(N)Nc2cc(CNCc3ccccc3F)ccc2O1.Cl.Cl. The minimum atomic E-state index is -0.191. The van der Waals surface area contributed by atoms with Crippen LogP contribution in [-0.2, 0) is 13.1 Å². The zero-order chi connectivity index (χ0) is 15.5. The van der Waals surface area contributed by atoms with E-state index in [-0.39, 0.29) is 30.6 Å². The molecule has 24 heavy (non-hydrogen) atoms. The minimum absolute atomic E-state index is 0. The van der Waals surface area contributed by atoms with Crippen LogP contribution < -0.4 is 21.1 Å². The van der Waals surface area contributed by atoms with Gasteiger partial charge in [-0.05, 0) is 30.7 Å². The molecule has 0 bridgehead atoms. The van der Waals surface area contributed by atoms with E-state index in [1.165, 1.54) is 6.07 Å². The van der Waals surface area contributed by atoms with Crippen molar-refractivity contribution in [3.63, 3.8) is 0 Å². The van der Waals surface area contributed by atoms with Gasteiger partial charge >= 0.3 is 0 Å². The van der Waals surface area contributed by atoms with E-state index in [1.54, 1.807) is 12.1 Å². The third-order valence-corrected chi connectivity index (χ3v) is 3.56. The first-order valence-electron chi connectivity index (χ1n) is 7.12. The summed E-state index contributed by atoms with van der Waals surface area (Å²) in [5.41, 5.74) is 8.39. The van der Waals surface area contributed by atoms with Crippen molar-refractivity contribution < 1.29 is 9.13 Å². The molecule has 0 spiro atoms. The summed E-state index contributed by atoms with van der Waals surface area (Å²) in [5.74, 6) is 1.75. The molecule has 4 nitrogen and oxygen atoms in total. The van der Waals surface area contributed by atoms with Gasteiger partial charge in [-0.1, -0.05) is 24.3 Å². The van der Waals surface area contributed by atoms with Crippen LogP contribution in [0.2, 0.25) is 0 Å². The second kappa shape index (κ2) is 8.78. The van der Waals surface area contributed by atoms with Crippen LogP contribution in [0.4, 0.5) is 10.1 Å². The van der Waals surface area contributed by atoms with Gasteiger partial charge in [-0.3, -0.25) is 0 Å². The fourth-order valence-corrected chi connectivity index (χ4v) is 2.31. The number of nitrogens with two attached hydrogens (primary N) is 1. The quantitative estimate of drug-likeness (QED) is 0.762. The molecule has 1 heterocycles. The Hall–Kier alpha value is -1.95. The summed E-state index contributed by atoms with van der Waals surface area (Å²) in [5, 5.41) is 6.35. The highest BCUT2D eigenvalue weighted by Crippen LogP contribution is 2.31. The van der Waals surface area contributed by atoms with E-state index in [4.69, 9.17) is 10.5 Å². The fraction of sp³-hybridized carbons (Fsp3) is 0.176. The van der Waals surface area contributed by atoms with Gasteiger partial charge in [-0.2, -0.15) is 0 Å².